The number of hydrogen-bond acceptors (Lipinski definition) is 4. The van der Waals surface area contributed by atoms with Crippen molar-refractivity contribution in [3.05, 3.63) is 35.4 Å². The van der Waals surface area contributed by atoms with Crippen molar-refractivity contribution in [2.24, 2.45) is 4.99 Å². The zero-order valence-corrected chi connectivity index (χ0v) is 13.6. The van der Waals surface area contributed by atoms with Crippen LogP contribution in [0.1, 0.15) is 49.0 Å². The van der Waals surface area contributed by atoms with E-state index < -0.39 is 12.1 Å². The van der Waals surface area contributed by atoms with Crippen LogP contribution in [0.15, 0.2) is 29.3 Å². The van der Waals surface area contributed by atoms with Crippen molar-refractivity contribution in [3.8, 4) is 0 Å². The second kappa shape index (κ2) is 8.27. The zero-order chi connectivity index (χ0) is 16.7. The van der Waals surface area contributed by atoms with E-state index in [1.54, 1.807) is 23.2 Å². The lowest BCUT2D eigenvalue weighted by molar-refractivity contribution is 0.0541. The minimum absolute atomic E-state index is 0.331. The second-order valence-corrected chi connectivity index (χ2v) is 5.37. The summed E-state index contributed by atoms with van der Waals surface area (Å²) >= 11 is 0. The molecule has 0 spiro atoms. The highest BCUT2D eigenvalue weighted by atomic mass is 16.6. The van der Waals surface area contributed by atoms with Crippen LogP contribution in [-0.4, -0.2) is 36.3 Å². The Kier molecular flexibility index (Phi) is 6.09. The van der Waals surface area contributed by atoms with Crippen molar-refractivity contribution in [1.82, 2.24) is 4.90 Å². The molecule has 0 aromatic heterocycles. The third kappa shape index (κ3) is 4.52. The molecule has 1 aromatic carbocycles. The predicted molar refractivity (Wildman–Crippen MR) is 91.2 cm³/mol. The number of ether oxygens (including phenoxy) is 1. The Balaban J connectivity index is 2.10. The zero-order valence-electron chi connectivity index (χ0n) is 13.6. The summed E-state index contributed by atoms with van der Waals surface area (Å²) in [4.78, 5) is 30.2. The summed E-state index contributed by atoms with van der Waals surface area (Å²) in [5, 5.41) is 0. The van der Waals surface area contributed by atoms with Gasteiger partial charge in [0.25, 0.3) is 0 Å². The van der Waals surface area contributed by atoms with E-state index in [9.17, 15) is 9.59 Å². The highest BCUT2D eigenvalue weighted by Gasteiger charge is 2.19. The molecular weight excluding hydrogens is 292 g/mol. The van der Waals surface area contributed by atoms with Crippen LogP contribution in [0.4, 0.5) is 10.5 Å². The molecule has 1 amide bonds. The number of fused-ring (bicyclic) bond motifs is 1. The van der Waals surface area contributed by atoms with Crippen LogP contribution in [0.5, 0.6) is 0 Å². The van der Waals surface area contributed by atoms with Crippen molar-refractivity contribution < 1.29 is 14.3 Å². The van der Waals surface area contributed by atoms with Crippen LogP contribution >= 0.6 is 0 Å². The molecule has 122 valence electrons. The average molecular weight is 314 g/mol. The van der Waals surface area contributed by atoms with Crippen molar-refractivity contribution in [2.75, 3.05) is 13.1 Å². The van der Waals surface area contributed by atoms with E-state index in [2.05, 4.69) is 4.99 Å². The minimum atomic E-state index is -0.640. The van der Waals surface area contributed by atoms with Gasteiger partial charge < -0.3 is 9.64 Å². The van der Waals surface area contributed by atoms with Crippen molar-refractivity contribution in [2.45, 2.75) is 33.1 Å². The molecule has 0 atom stereocenters. The molecule has 0 bridgehead atoms. The predicted octanol–water partition coefficient (Wildman–Crippen LogP) is 4.20. The number of amides is 1. The normalized spacial score (nSPS) is 12.4. The Hall–Kier alpha value is -2.43. The SMILES string of the molecule is CCCN(CCC)C(=O)OC(=O)c1ccc2c(c1)N=CCC=C2. The van der Waals surface area contributed by atoms with Gasteiger partial charge in [-0.05, 0) is 30.5 Å². The van der Waals surface area contributed by atoms with Gasteiger partial charge in [-0.3, -0.25) is 4.99 Å². The Morgan fingerprint density at radius 3 is 2.65 bits per heavy atom. The van der Waals surface area contributed by atoms with Crippen molar-refractivity contribution in [1.29, 1.82) is 0 Å². The van der Waals surface area contributed by atoms with Gasteiger partial charge in [0.15, 0.2) is 0 Å². The summed E-state index contributed by atoms with van der Waals surface area (Å²) in [6.07, 6.45) is 7.57. The topological polar surface area (TPSA) is 59.0 Å². The lowest BCUT2D eigenvalue weighted by Crippen LogP contribution is -2.34. The number of esters is 1. The van der Waals surface area contributed by atoms with Gasteiger partial charge in [0.1, 0.15) is 0 Å². The minimum Gasteiger partial charge on any atom is -0.372 e. The molecule has 2 rings (SSSR count). The van der Waals surface area contributed by atoms with Gasteiger partial charge in [0.05, 0.1) is 11.3 Å². The van der Waals surface area contributed by atoms with Gasteiger partial charge in [-0.15, -0.1) is 0 Å². The van der Waals surface area contributed by atoms with E-state index in [0.29, 0.717) is 24.3 Å². The average Bonchev–Trinajstić information content (AvgIpc) is 2.79. The first-order chi connectivity index (χ1) is 11.2. The van der Waals surface area contributed by atoms with Crippen LogP contribution < -0.4 is 0 Å². The molecule has 1 aliphatic rings. The van der Waals surface area contributed by atoms with Gasteiger partial charge in [0.2, 0.25) is 0 Å². The monoisotopic (exact) mass is 314 g/mol. The number of hydrogen-bond donors (Lipinski definition) is 0. The van der Waals surface area contributed by atoms with E-state index >= 15 is 0 Å². The maximum atomic E-state index is 12.2. The van der Waals surface area contributed by atoms with Gasteiger partial charge in [-0.25, -0.2) is 9.59 Å². The summed E-state index contributed by atoms with van der Waals surface area (Å²) < 4.78 is 5.00. The molecule has 1 aliphatic heterocycles. The second-order valence-electron chi connectivity index (χ2n) is 5.37. The van der Waals surface area contributed by atoms with Crippen molar-refractivity contribution in [3.63, 3.8) is 0 Å². The van der Waals surface area contributed by atoms with E-state index in [1.165, 1.54) is 0 Å². The number of carbonyl (C=O) groups excluding carboxylic acids is 2. The van der Waals surface area contributed by atoms with Gasteiger partial charge in [0, 0.05) is 25.7 Å². The van der Waals surface area contributed by atoms with Gasteiger partial charge in [-0.1, -0.05) is 32.1 Å². The van der Waals surface area contributed by atoms with E-state index in [1.807, 2.05) is 32.1 Å². The number of aliphatic imine (C=N–C) groups is 1. The fourth-order valence-corrected chi connectivity index (χ4v) is 2.37. The molecular formula is C18H22N2O3. The van der Waals surface area contributed by atoms with Crippen LogP contribution in [-0.2, 0) is 4.74 Å². The molecule has 0 aliphatic carbocycles. The lowest BCUT2D eigenvalue weighted by atomic mass is 10.1. The number of carbonyl (C=O) groups is 2. The molecule has 5 nitrogen and oxygen atoms in total. The van der Waals surface area contributed by atoms with Crippen LogP contribution in [0, 0.1) is 0 Å². The molecule has 1 heterocycles. The number of benzene rings is 1. The lowest BCUT2D eigenvalue weighted by Gasteiger charge is -2.19. The highest BCUT2D eigenvalue weighted by Crippen LogP contribution is 2.24. The molecule has 0 saturated heterocycles. The summed E-state index contributed by atoms with van der Waals surface area (Å²) in [5.41, 5.74) is 1.98. The van der Waals surface area contributed by atoms with Crippen molar-refractivity contribution >= 4 is 30.0 Å². The highest BCUT2D eigenvalue weighted by molar-refractivity contribution is 5.97. The summed E-state index contributed by atoms with van der Waals surface area (Å²) in [5.74, 6) is -0.640. The quantitative estimate of drug-likeness (QED) is 0.604. The Morgan fingerprint density at radius 1 is 1.22 bits per heavy atom. The number of allylic oxidation sites excluding steroid dienone is 1. The fourth-order valence-electron chi connectivity index (χ4n) is 2.37. The summed E-state index contributed by atoms with van der Waals surface area (Å²) in [7, 11) is 0. The Labute approximate surface area is 136 Å². The molecule has 0 fully saturated rings. The molecule has 5 heteroatoms. The largest absolute Gasteiger partial charge is 0.417 e. The first-order valence-corrected chi connectivity index (χ1v) is 8.00. The van der Waals surface area contributed by atoms with E-state index in [0.717, 1.165) is 24.8 Å². The smallest absolute Gasteiger partial charge is 0.372 e. The maximum Gasteiger partial charge on any atom is 0.417 e. The first-order valence-electron chi connectivity index (χ1n) is 8.00. The third-order valence-corrected chi connectivity index (χ3v) is 3.46. The molecule has 0 unspecified atom stereocenters. The Bertz CT molecular complexity index is 629. The summed E-state index contributed by atoms with van der Waals surface area (Å²) in [6, 6.07) is 5.12. The molecule has 1 aromatic rings. The van der Waals surface area contributed by atoms with E-state index in [4.69, 9.17) is 4.74 Å². The first kappa shape index (κ1) is 16.9. The summed E-state index contributed by atoms with van der Waals surface area (Å²) in [6.45, 7) is 5.13. The number of rotatable bonds is 5. The van der Waals surface area contributed by atoms with Crippen LogP contribution in [0.2, 0.25) is 0 Å². The standard InChI is InChI=1S/C18H22N2O3/c1-3-11-20(12-4-2)18(22)23-17(21)15-9-8-14-7-5-6-10-19-16(14)13-15/h5,7-10,13H,3-4,6,11-12H2,1-2H3. The fraction of sp³-hybridized carbons (Fsp3) is 0.389. The Morgan fingerprint density at radius 2 is 1.96 bits per heavy atom. The molecule has 0 N–H and O–H groups in total. The third-order valence-electron chi connectivity index (χ3n) is 3.46. The number of nitrogens with zero attached hydrogens (tertiary/aromatic N) is 2. The molecule has 0 radical (unpaired) electrons. The van der Waals surface area contributed by atoms with Gasteiger partial charge in [-0.2, -0.15) is 0 Å². The van der Waals surface area contributed by atoms with Crippen LogP contribution in [0.25, 0.3) is 6.08 Å². The maximum absolute atomic E-state index is 12.2. The van der Waals surface area contributed by atoms with Gasteiger partial charge >= 0.3 is 12.1 Å². The molecule has 23 heavy (non-hydrogen) atoms. The molecule has 0 saturated carbocycles. The van der Waals surface area contributed by atoms with E-state index in [-0.39, 0.29) is 0 Å². The van der Waals surface area contributed by atoms with Crippen LogP contribution in [0.3, 0.4) is 0 Å².